The van der Waals surface area contributed by atoms with Crippen molar-refractivity contribution in [3.8, 4) is 0 Å². The SMILES string of the molecule is CCOC(=O)C1(CC(=O)c2ccc(C)cc2)NS(=O)(=O)c2ccccc21. The molecule has 6 nitrogen and oxygen atoms in total. The molecule has 1 aliphatic heterocycles. The van der Waals surface area contributed by atoms with Crippen LogP contribution in [-0.4, -0.2) is 26.8 Å². The molecule has 0 spiro atoms. The molecule has 0 bridgehead atoms. The van der Waals surface area contributed by atoms with Gasteiger partial charge in [0.1, 0.15) is 0 Å². The van der Waals surface area contributed by atoms with Crippen LogP contribution in [0.4, 0.5) is 0 Å². The quantitative estimate of drug-likeness (QED) is 0.642. The fourth-order valence-corrected chi connectivity index (χ4v) is 4.71. The van der Waals surface area contributed by atoms with Crippen LogP contribution in [0, 0.1) is 6.92 Å². The predicted octanol–water partition coefficient (Wildman–Crippen LogP) is 2.32. The highest BCUT2D eigenvalue weighted by molar-refractivity contribution is 7.90. The minimum Gasteiger partial charge on any atom is -0.464 e. The van der Waals surface area contributed by atoms with Crippen molar-refractivity contribution in [3.05, 3.63) is 65.2 Å². The number of rotatable bonds is 5. The average molecular weight is 373 g/mol. The van der Waals surface area contributed by atoms with E-state index in [1.54, 1.807) is 43.3 Å². The van der Waals surface area contributed by atoms with Crippen LogP contribution in [0.3, 0.4) is 0 Å². The number of nitrogens with one attached hydrogen (secondary N) is 1. The Bertz CT molecular complexity index is 966. The van der Waals surface area contributed by atoms with Crippen molar-refractivity contribution in [3.63, 3.8) is 0 Å². The van der Waals surface area contributed by atoms with Gasteiger partial charge in [0.25, 0.3) is 0 Å². The summed E-state index contributed by atoms with van der Waals surface area (Å²) >= 11 is 0. The van der Waals surface area contributed by atoms with Gasteiger partial charge in [0, 0.05) is 17.5 Å². The lowest BCUT2D eigenvalue weighted by atomic mass is 9.84. The van der Waals surface area contributed by atoms with Crippen molar-refractivity contribution in [1.29, 1.82) is 0 Å². The lowest BCUT2D eigenvalue weighted by Gasteiger charge is -2.26. The Kier molecular flexibility index (Phi) is 4.68. The molecule has 26 heavy (non-hydrogen) atoms. The molecule has 1 aliphatic rings. The third kappa shape index (κ3) is 3.04. The molecular weight excluding hydrogens is 354 g/mol. The lowest BCUT2D eigenvalue weighted by Crippen LogP contribution is -2.49. The molecule has 7 heteroatoms. The Hall–Kier alpha value is -2.51. The third-order valence-corrected chi connectivity index (χ3v) is 5.92. The molecule has 3 rings (SSSR count). The first kappa shape index (κ1) is 18.3. The van der Waals surface area contributed by atoms with Gasteiger partial charge < -0.3 is 4.74 Å². The monoisotopic (exact) mass is 373 g/mol. The van der Waals surface area contributed by atoms with E-state index in [0.717, 1.165) is 5.56 Å². The number of hydrogen-bond donors (Lipinski definition) is 1. The summed E-state index contributed by atoms with van der Waals surface area (Å²) in [6.45, 7) is 3.60. The Morgan fingerprint density at radius 2 is 1.73 bits per heavy atom. The molecule has 1 atom stereocenters. The van der Waals surface area contributed by atoms with Crippen LogP contribution in [0.5, 0.6) is 0 Å². The molecule has 0 amide bonds. The van der Waals surface area contributed by atoms with Crippen LogP contribution in [0.2, 0.25) is 0 Å². The lowest BCUT2D eigenvalue weighted by molar-refractivity contribution is -0.150. The van der Waals surface area contributed by atoms with E-state index in [0.29, 0.717) is 5.56 Å². The number of aryl methyl sites for hydroxylation is 1. The summed E-state index contributed by atoms with van der Waals surface area (Å²) in [6, 6.07) is 13.0. The fraction of sp³-hybridized carbons (Fsp3) is 0.263. The molecule has 1 heterocycles. The van der Waals surface area contributed by atoms with Crippen molar-refractivity contribution in [2.45, 2.75) is 30.7 Å². The Balaban J connectivity index is 2.09. The van der Waals surface area contributed by atoms with E-state index in [1.807, 2.05) is 6.92 Å². The number of ether oxygens (including phenoxy) is 1. The third-order valence-electron chi connectivity index (χ3n) is 4.37. The van der Waals surface area contributed by atoms with Gasteiger partial charge >= 0.3 is 5.97 Å². The number of fused-ring (bicyclic) bond motifs is 1. The summed E-state index contributed by atoms with van der Waals surface area (Å²) in [4.78, 5) is 25.5. The Morgan fingerprint density at radius 1 is 1.08 bits per heavy atom. The average Bonchev–Trinajstić information content (AvgIpc) is 2.84. The molecule has 0 fully saturated rings. The number of esters is 1. The molecule has 1 N–H and O–H groups in total. The first-order valence-electron chi connectivity index (χ1n) is 8.21. The van der Waals surface area contributed by atoms with Gasteiger partial charge in [0.05, 0.1) is 11.5 Å². The molecule has 0 radical (unpaired) electrons. The summed E-state index contributed by atoms with van der Waals surface area (Å²) in [5, 5.41) is 0. The summed E-state index contributed by atoms with van der Waals surface area (Å²) < 4.78 is 32.5. The van der Waals surface area contributed by atoms with Gasteiger partial charge in [-0.1, -0.05) is 48.0 Å². The molecule has 2 aromatic carbocycles. The Labute approximate surface area is 152 Å². The molecule has 136 valence electrons. The second-order valence-corrected chi connectivity index (χ2v) is 7.84. The maximum Gasteiger partial charge on any atom is 0.332 e. The standard InChI is InChI=1S/C19H19NO5S/c1-3-25-18(22)19(12-16(21)14-10-8-13(2)9-11-14)15-6-4-5-7-17(15)26(23,24)20-19/h4-11,20H,3,12H2,1-2H3. The number of benzene rings is 2. The summed E-state index contributed by atoms with van der Waals surface area (Å²) in [6.07, 6.45) is -0.356. The largest absolute Gasteiger partial charge is 0.464 e. The normalized spacial score (nSPS) is 20.4. The van der Waals surface area contributed by atoms with E-state index >= 15 is 0 Å². The molecule has 0 saturated heterocycles. The Morgan fingerprint density at radius 3 is 2.38 bits per heavy atom. The molecule has 1 unspecified atom stereocenters. The van der Waals surface area contributed by atoms with Crippen LogP contribution in [0.15, 0.2) is 53.4 Å². The summed E-state index contributed by atoms with van der Waals surface area (Å²) in [5.74, 6) is -1.13. The highest BCUT2D eigenvalue weighted by Gasteiger charge is 2.54. The number of Topliss-reactive ketones (excluding diaryl/α,β-unsaturated/α-hetero) is 1. The van der Waals surface area contributed by atoms with Crippen molar-refractivity contribution in [1.82, 2.24) is 4.72 Å². The number of hydrogen-bond acceptors (Lipinski definition) is 5. The first-order valence-corrected chi connectivity index (χ1v) is 9.69. The molecule has 0 saturated carbocycles. The number of sulfonamides is 1. The van der Waals surface area contributed by atoms with Crippen molar-refractivity contribution >= 4 is 21.8 Å². The number of carbonyl (C=O) groups excluding carboxylic acids is 2. The zero-order valence-corrected chi connectivity index (χ0v) is 15.3. The maximum atomic E-state index is 12.8. The highest BCUT2D eigenvalue weighted by atomic mass is 32.2. The van der Waals surface area contributed by atoms with Crippen LogP contribution in [-0.2, 0) is 25.1 Å². The van der Waals surface area contributed by atoms with E-state index < -0.39 is 21.5 Å². The molecule has 0 aromatic heterocycles. The van der Waals surface area contributed by atoms with E-state index in [-0.39, 0.29) is 29.3 Å². The van der Waals surface area contributed by atoms with Gasteiger partial charge in [-0.15, -0.1) is 0 Å². The van der Waals surface area contributed by atoms with Crippen LogP contribution < -0.4 is 4.72 Å². The molecular formula is C19H19NO5S. The van der Waals surface area contributed by atoms with Crippen LogP contribution >= 0.6 is 0 Å². The minimum atomic E-state index is -3.91. The van der Waals surface area contributed by atoms with Crippen molar-refractivity contribution in [2.75, 3.05) is 6.61 Å². The smallest absolute Gasteiger partial charge is 0.332 e. The zero-order valence-electron chi connectivity index (χ0n) is 14.5. The van der Waals surface area contributed by atoms with Crippen LogP contribution in [0.1, 0.15) is 34.8 Å². The van der Waals surface area contributed by atoms with E-state index in [2.05, 4.69) is 4.72 Å². The summed E-state index contributed by atoms with van der Waals surface area (Å²) in [7, 11) is -3.91. The molecule has 0 aliphatic carbocycles. The first-order chi connectivity index (χ1) is 12.3. The summed E-state index contributed by atoms with van der Waals surface area (Å²) in [5.41, 5.74) is -0.122. The fourth-order valence-electron chi connectivity index (χ4n) is 3.08. The maximum absolute atomic E-state index is 12.8. The number of ketones is 1. The van der Waals surface area contributed by atoms with Gasteiger partial charge in [-0.05, 0) is 19.9 Å². The molecule has 2 aromatic rings. The van der Waals surface area contributed by atoms with Gasteiger partial charge in [0.2, 0.25) is 10.0 Å². The topological polar surface area (TPSA) is 89.5 Å². The van der Waals surface area contributed by atoms with Crippen molar-refractivity contribution < 1.29 is 22.7 Å². The minimum absolute atomic E-state index is 0.00948. The van der Waals surface area contributed by atoms with E-state index in [4.69, 9.17) is 4.74 Å². The number of carbonyl (C=O) groups is 2. The second kappa shape index (κ2) is 6.66. The van der Waals surface area contributed by atoms with E-state index in [1.165, 1.54) is 12.1 Å². The zero-order chi connectivity index (χ0) is 18.9. The highest BCUT2D eigenvalue weighted by Crippen LogP contribution is 2.40. The van der Waals surface area contributed by atoms with Gasteiger partial charge in [-0.3, -0.25) is 4.79 Å². The van der Waals surface area contributed by atoms with Gasteiger partial charge in [-0.2, -0.15) is 4.72 Å². The predicted molar refractivity (Wildman–Crippen MR) is 95.2 cm³/mol. The van der Waals surface area contributed by atoms with E-state index in [9.17, 15) is 18.0 Å². The van der Waals surface area contributed by atoms with Gasteiger partial charge in [0.15, 0.2) is 11.3 Å². The van der Waals surface area contributed by atoms with Gasteiger partial charge in [-0.25, -0.2) is 13.2 Å². The van der Waals surface area contributed by atoms with Crippen LogP contribution in [0.25, 0.3) is 0 Å². The van der Waals surface area contributed by atoms with Crippen molar-refractivity contribution in [2.24, 2.45) is 0 Å². The second-order valence-electron chi connectivity index (χ2n) is 6.19.